The molecule has 4 nitrogen and oxygen atoms in total. The molecule has 0 aliphatic rings. The van der Waals surface area contributed by atoms with E-state index in [-0.39, 0.29) is 11.4 Å². The van der Waals surface area contributed by atoms with Gasteiger partial charge in [0.25, 0.3) is 0 Å². The second kappa shape index (κ2) is 6.11. The number of hydrogen-bond donors (Lipinski definition) is 3. The molecule has 0 unspecified atom stereocenters. The maximum Gasteiger partial charge on any atom is 0.187 e. The fourth-order valence-corrected chi connectivity index (χ4v) is 2.13. The molecule has 0 spiro atoms. The van der Waals surface area contributed by atoms with Crippen molar-refractivity contribution in [2.45, 2.75) is 0 Å². The van der Waals surface area contributed by atoms with E-state index >= 15 is 0 Å². The Hall–Kier alpha value is -3.22. The number of benzene rings is 2. The standard InChI is InChI=1S/C17H12F3N3O/c18-10-3-1-9-2-4-15(23-16(9)5-10)14(21)8-22-11-6-12(19)17(24)13(20)7-11/h1-8,22,24H,21H2/b14-8-. The summed E-state index contributed by atoms with van der Waals surface area (Å²) in [5.41, 5.74) is 6.95. The van der Waals surface area contributed by atoms with Crippen LogP contribution in [0, 0.1) is 17.5 Å². The summed E-state index contributed by atoms with van der Waals surface area (Å²) >= 11 is 0. The van der Waals surface area contributed by atoms with E-state index in [0.717, 1.165) is 17.5 Å². The van der Waals surface area contributed by atoms with E-state index in [4.69, 9.17) is 10.8 Å². The van der Waals surface area contributed by atoms with E-state index in [1.807, 2.05) is 0 Å². The Morgan fingerprint density at radius 1 is 1.04 bits per heavy atom. The third-order valence-electron chi connectivity index (χ3n) is 3.36. The molecule has 2 aromatic carbocycles. The molecule has 3 aromatic rings. The molecule has 3 rings (SSSR count). The highest BCUT2D eigenvalue weighted by molar-refractivity contribution is 5.80. The Morgan fingerprint density at radius 3 is 2.42 bits per heavy atom. The van der Waals surface area contributed by atoms with Crippen LogP contribution in [0.2, 0.25) is 0 Å². The first kappa shape index (κ1) is 15.7. The minimum absolute atomic E-state index is 0.0672. The number of rotatable bonds is 3. The zero-order chi connectivity index (χ0) is 17.3. The number of nitrogens with one attached hydrogen (secondary N) is 1. The summed E-state index contributed by atoms with van der Waals surface area (Å²) < 4.78 is 39.8. The molecule has 0 bridgehead atoms. The van der Waals surface area contributed by atoms with Gasteiger partial charge in [0.1, 0.15) is 5.82 Å². The van der Waals surface area contributed by atoms with Crippen molar-refractivity contribution < 1.29 is 18.3 Å². The monoisotopic (exact) mass is 331 g/mol. The molecule has 0 atom stereocenters. The molecule has 0 saturated heterocycles. The topological polar surface area (TPSA) is 71.2 Å². The highest BCUT2D eigenvalue weighted by atomic mass is 19.1. The molecule has 122 valence electrons. The molecule has 4 N–H and O–H groups in total. The molecule has 0 aliphatic heterocycles. The summed E-state index contributed by atoms with van der Waals surface area (Å²) in [6.45, 7) is 0. The van der Waals surface area contributed by atoms with Gasteiger partial charge in [-0.05, 0) is 18.2 Å². The van der Waals surface area contributed by atoms with E-state index in [9.17, 15) is 13.2 Å². The number of nitrogens with two attached hydrogens (primary N) is 1. The number of pyridine rings is 1. The number of hydrogen-bond acceptors (Lipinski definition) is 4. The number of phenols is 1. The molecule has 1 heterocycles. The van der Waals surface area contributed by atoms with Crippen LogP contribution in [-0.2, 0) is 0 Å². The Bertz CT molecular complexity index is 934. The lowest BCUT2D eigenvalue weighted by Gasteiger charge is -2.07. The van der Waals surface area contributed by atoms with Gasteiger partial charge in [-0.1, -0.05) is 6.07 Å². The molecule has 0 fully saturated rings. The van der Waals surface area contributed by atoms with Crippen molar-refractivity contribution in [2.75, 3.05) is 5.32 Å². The van der Waals surface area contributed by atoms with Crippen LogP contribution in [0.25, 0.3) is 16.6 Å². The maximum atomic E-state index is 13.3. The van der Waals surface area contributed by atoms with Crippen LogP contribution in [0.4, 0.5) is 18.9 Å². The maximum absolute atomic E-state index is 13.3. The Morgan fingerprint density at radius 2 is 1.71 bits per heavy atom. The number of nitrogens with zero attached hydrogens (tertiary/aromatic N) is 1. The zero-order valence-electron chi connectivity index (χ0n) is 12.2. The lowest BCUT2D eigenvalue weighted by atomic mass is 10.2. The first-order chi connectivity index (χ1) is 11.4. The first-order valence-corrected chi connectivity index (χ1v) is 6.91. The molecular weight excluding hydrogens is 319 g/mol. The average Bonchev–Trinajstić information content (AvgIpc) is 2.56. The largest absolute Gasteiger partial charge is 0.503 e. The van der Waals surface area contributed by atoms with Gasteiger partial charge in [-0.2, -0.15) is 0 Å². The SMILES string of the molecule is N/C(=C\Nc1cc(F)c(O)c(F)c1)c1ccc2ccc(F)cc2n1. The zero-order valence-corrected chi connectivity index (χ0v) is 12.2. The van der Waals surface area contributed by atoms with Crippen LogP contribution >= 0.6 is 0 Å². The fourth-order valence-electron chi connectivity index (χ4n) is 2.13. The Kier molecular flexibility index (Phi) is 3.99. The van der Waals surface area contributed by atoms with Gasteiger partial charge in [-0.25, -0.2) is 18.2 Å². The predicted octanol–water partition coefficient (Wildman–Crippen LogP) is 3.73. The van der Waals surface area contributed by atoms with Gasteiger partial charge in [0, 0.05) is 35.5 Å². The van der Waals surface area contributed by atoms with Gasteiger partial charge in [0.2, 0.25) is 0 Å². The lowest BCUT2D eigenvalue weighted by molar-refractivity contribution is 0.396. The summed E-state index contributed by atoms with van der Waals surface area (Å²) in [5, 5.41) is 12.4. The van der Waals surface area contributed by atoms with Gasteiger partial charge >= 0.3 is 0 Å². The quantitative estimate of drug-likeness (QED) is 0.640. The second-order valence-electron chi connectivity index (χ2n) is 5.07. The van der Waals surface area contributed by atoms with E-state index in [2.05, 4.69) is 10.3 Å². The van der Waals surface area contributed by atoms with Gasteiger partial charge in [-0.3, -0.25) is 0 Å². The normalized spacial score (nSPS) is 11.7. The van der Waals surface area contributed by atoms with Crippen LogP contribution in [0.1, 0.15) is 5.69 Å². The Balaban J connectivity index is 1.88. The molecular formula is C17H12F3N3O. The van der Waals surface area contributed by atoms with Crippen molar-refractivity contribution in [2.24, 2.45) is 5.73 Å². The molecule has 1 aromatic heterocycles. The minimum atomic E-state index is -1.09. The minimum Gasteiger partial charge on any atom is -0.503 e. The average molecular weight is 331 g/mol. The van der Waals surface area contributed by atoms with E-state index < -0.39 is 23.2 Å². The van der Waals surface area contributed by atoms with Gasteiger partial charge in [0.05, 0.1) is 16.9 Å². The van der Waals surface area contributed by atoms with Crippen molar-refractivity contribution in [3.05, 3.63) is 71.8 Å². The van der Waals surface area contributed by atoms with Crippen LogP contribution in [0.5, 0.6) is 5.75 Å². The predicted molar refractivity (Wildman–Crippen MR) is 85.5 cm³/mol. The van der Waals surface area contributed by atoms with Gasteiger partial charge in [-0.15, -0.1) is 0 Å². The lowest BCUT2D eigenvalue weighted by Crippen LogP contribution is -2.03. The number of halogens is 3. The Labute approximate surface area is 135 Å². The van der Waals surface area contributed by atoms with Crippen LogP contribution in [0.3, 0.4) is 0 Å². The van der Waals surface area contributed by atoms with E-state index in [0.29, 0.717) is 11.2 Å². The van der Waals surface area contributed by atoms with E-state index in [1.54, 1.807) is 18.2 Å². The smallest absolute Gasteiger partial charge is 0.187 e. The van der Waals surface area contributed by atoms with Crippen molar-refractivity contribution in [3.63, 3.8) is 0 Å². The summed E-state index contributed by atoms with van der Waals surface area (Å²) in [6.07, 6.45) is 1.30. The summed E-state index contributed by atoms with van der Waals surface area (Å²) in [6, 6.07) is 9.43. The third-order valence-corrected chi connectivity index (χ3v) is 3.36. The molecule has 0 radical (unpaired) electrons. The highest BCUT2D eigenvalue weighted by Crippen LogP contribution is 2.24. The summed E-state index contributed by atoms with van der Waals surface area (Å²) in [7, 11) is 0. The fraction of sp³-hybridized carbons (Fsp3) is 0. The molecule has 24 heavy (non-hydrogen) atoms. The number of fused-ring (bicyclic) bond motifs is 1. The highest BCUT2D eigenvalue weighted by Gasteiger charge is 2.09. The second-order valence-corrected chi connectivity index (χ2v) is 5.07. The summed E-state index contributed by atoms with van der Waals surface area (Å²) in [4.78, 5) is 4.24. The van der Waals surface area contributed by atoms with E-state index in [1.165, 1.54) is 18.3 Å². The van der Waals surface area contributed by atoms with Crippen molar-refractivity contribution in [1.82, 2.24) is 4.98 Å². The van der Waals surface area contributed by atoms with Gasteiger partial charge < -0.3 is 16.2 Å². The van der Waals surface area contributed by atoms with Crippen molar-refractivity contribution >= 4 is 22.3 Å². The molecule has 7 heteroatoms. The third kappa shape index (κ3) is 3.10. The molecule has 0 aliphatic carbocycles. The number of aromatic hydroxyl groups is 1. The first-order valence-electron chi connectivity index (χ1n) is 6.91. The number of phenolic OH excluding ortho intramolecular Hbond substituents is 1. The van der Waals surface area contributed by atoms with Crippen LogP contribution < -0.4 is 11.1 Å². The number of anilines is 1. The number of aromatic nitrogens is 1. The van der Waals surface area contributed by atoms with Crippen LogP contribution in [-0.4, -0.2) is 10.1 Å². The summed E-state index contributed by atoms with van der Waals surface area (Å²) in [5.74, 6) is -3.65. The van der Waals surface area contributed by atoms with Crippen molar-refractivity contribution in [3.8, 4) is 5.75 Å². The van der Waals surface area contributed by atoms with Crippen molar-refractivity contribution in [1.29, 1.82) is 0 Å². The van der Waals surface area contributed by atoms with Crippen LogP contribution in [0.15, 0.2) is 48.7 Å². The molecule has 0 amide bonds. The molecule has 0 saturated carbocycles. The van der Waals surface area contributed by atoms with Gasteiger partial charge in [0.15, 0.2) is 17.4 Å².